The van der Waals surface area contributed by atoms with Gasteiger partial charge in [0.25, 0.3) is 0 Å². The van der Waals surface area contributed by atoms with Gasteiger partial charge < -0.3 is 10.1 Å². The van der Waals surface area contributed by atoms with E-state index in [4.69, 9.17) is 4.74 Å². The van der Waals surface area contributed by atoms with E-state index in [1.54, 1.807) is 0 Å². The largest absolute Gasteiger partial charge is 0.376 e. The summed E-state index contributed by atoms with van der Waals surface area (Å²) < 4.78 is 6.15. The van der Waals surface area contributed by atoms with E-state index in [1.807, 2.05) is 0 Å². The van der Waals surface area contributed by atoms with E-state index in [1.165, 1.54) is 12.0 Å². The minimum absolute atomic E-state index is 0.254. The normalized spacial score (nSPS) is 14.4. The van der Waals surface area contributed by atoms with Gasteiger partial charge in [0, 0.05) is 6.61 Å². The third-order valence-electron chi connectivity index (χ3n) is 3.61. The highest BCUT2D eigenvalue weighted by atomic mass is 16.5. The van der Waals surface area contributed by atoms with Crippen molar-refractivity contribution in [2.45, 2.75) is 59.1 Å². The number of benzene rings is 1. The first-order chi connectivity index (χ1) is 9.69. The molecule has 0 saturated carbocycles. The molecule has 0 saturated heterocycles. The average molecular weight is 277 g/mol. The van der Waals surface area contributed by atoms with Crippen molar-refractivity contribution in [2.24, 2.45) is 5.92 Å². The molecule has 0 spiro atoms. The molecule has 1 rings (SSSR count). The Hall–Kier alpha value is -0.860. The van der Waals surface area contributed by atoms with Crippen LogP contribution in [0, 0.1) is 5.92 Å². The zero-order chi connectivity index (χ0) is 14.8. The molecule has 0 fully saturated rings. The number of rotatable bonds is 10. The fourth-order valence-corrected chi connectivity index (χ4v) is 2.52. The highest BCUT2D eigenvalue weighted by molar-refractivity contribution is 5.20. The monoisotopic (exact) mass is 277 g/mol. The highest BCUT2D eigenvalue weighted by Gasteiger charge is 2.21. The second-order valence-corrected chi connectivity index (χ2v) is 5.80. The Morgan fingerprint density at radius 2 is 1.80 bits per heavy atom. The summed E-state index contributed by atoms with van der Waals surface area (Å²) in [5, 5.41) is 3.57. The first-order valence-electron chi connectivity index (χ1n) is 8.08. The minimum atomic E-state index is 0.254. The minimum Gasteiger partial charge on any atom is -0.376 e. The van der Waals surface area contributed by atoms with E-state index in [-0.39, 0.29) is 6.10 Å². The van der Waals surface area contributed by atoms with Gasteiger partial charge >= 0.3 is 0 Å². The molecule has 1 aromatic carbocycles. The van der Waals surface area contributed by atoms with E-state index in [0.717, 1.165) is 31.9 Å². The molecule has 0 heterocycles. The number of hydrogen-bond donors (Lipinski definition) is 1. The number of ether oxygens (including phenoxy) is 1. The lowest BCUT2D eigenvalue weighted by atomic mass is 9.99. The molecular formula is C18H31NO. The van der Waals surface area contributed by atoms with Gasteiger partial charge in [0.2, 0.25) is 0 Å². The van der Waals surface area contributed by atoms with Crippen LogP contribution in [0.3, 0.4) is 0 Å². The summed E-state index contributed by atoms with van der Waals surface area (Å²) in [4.78, 5) is 0. The summed E-state index contributed by atoms with van der Waals surface area (Å²) >= 11 is 0. The molecule has 2 unspecified atom stereocenters. The summed E-state index contributed by atoms with van der Waals surface area (Å²) in [6, 6.07) is 10.9. The molecular weight excluding hydrogens is 246 g/mol. The summed E-state index contributed by atoms with van der Waals surface area (Å²) in [6.07, 6.45) is 3.69. The lowest BCUT2D eigenvalue weighted by Crippen LogP contribution is -2.33. The number of nitrogens with one attached hydrogen (secondary N) is 1. The maximum atomic E-state index is 6.15. The van der Waals surface area contributed by atoms with E-state index in [2.05, 4.69) is 63.3 Å². The molecule has 1 aromatic rings. The Kier molecular flexibility index (Phi) is 8.56. The fourth-order valence-electron chi connectivity index (χ4n) is 2.52. The zero-order valence-corrected chi connectivity index (χ0v) is 13.6. The Bertz CT molecular complexity index is 337. The summed E-state index contributed by atoms with van der Waals surface area (Å²) in [5.41, 5.74) is 1.32. The van der Waals surface area contributed by atoms with E-state index in [0.29, 0.717) is 6.04 Å². The predicted molar refractivity (Wildman–Crippen MR) is 87.0 cm³/mol. The maximum Gasteiger partial charge on any atom is 0.0767 e. The van der Waals surface area contributed by atoms with Crippen LogP contribution in [-0.4, -0.2) is 19.3 Å². The van der Waals surface area contributed by atoms with Crippen LogP contribution >= 0.6 is 0 Å². The Morgan fingerprint density at radius 3 is 2.35 bits per heavy atom. The second kappa shape index (κ2) is 9.95. The van der Waals surface area contributed by atoms with Gasteiger partial charge in [-0.2, -0.15) is 0 Å². The van der Waals surface area contributed by atoms with Gasteiger partial charge in [-0.1, -0.05) is 58.0 Å². The molecule has 0 aliphatic carbocycles. The highest BCUT2D eigenvalue weighted by Crippen LogP contribution is 2.22. The van der Waals surface area contributed by atoms with Crippen molar-refractivity contribution in [3.63, 3.8) is 0 Å². The van der Waals surface area contributed by atoms with Crippen molar-refractivity contribution in [3.8, 4) is 0 Å². The predicted octanol–water partition coefficient (Wildman–Crippen LogP) is 4.57. The van der Waals surface area contributed by atoms with Crippen LogP contribution in [-0.2, 0) is 4.74 Å². The van der Waals surface area contributed by atoms with Crippen LogP contribution in [0.5, 0.6) is 0 Å². The van der Waals surface area contributed by atoms with Gasteiger partial charge in [0.05, 0.1) is 12.1 Å². The molecule has 114 valence electrons. The summed E-state index contributed by atoms with van der Waals surface area (Å²) in [7, 11) is 0. The molecule has 2 atom stereocenters. The van der Waals surface area contributed by atoms with Gasteiger partial charge in [-0.3, -0.25) is 0 Å². The quantitative estimate of drug-likeness (QED) is 0.633. The Balaban J connectivity index is 2.58. The number of hydrogen-bond acceptors (Lipinski definition) is 2. The van der Waals surface area contributed by atoms with Gasteiger partial charge in [0.15, 0.2) is 0 Å². The van der Waals surface area contributed by atoms with Crippen molar-refractivity contribution in [1.82, 2.24) is 5.32 Å². The molecule has 2 heteroatoms. The molecule has 0 aromatic heterocycles. The summed E-state index contributed by atoms with van der Waals surface area (Å²) in [6.45, 7) is 10.7. The van der Waals surface area contributed by atoms with Gasteiger partial charge in [0.1, 0.15) is 0 Å². The molecule has 0 bridgehead atoms. The van der Waals surface area contributed by atoms with Crippen molar-refractivity contribution in [3.05, 3.63) is 35.9 Å². The van der Waals surface area contributed by atoms with Crippen molar-refractivity contribution >= 4 is 0 Å². The van der Waals surface area contributed by atoms with E-state index < -0.39 is 0 Å². The molecule has 1 N–H and O–H groups in total. The molecule has 0 aliphatic rings. The van der Waals surface area contributed by atoms with Gasteiger partial charge in [-0.15, -0.1) is 0 Å². The van der Waals surface area contributed by atoms with Crippen LogP contribution in [0.2, 0.25) is 0 Å². The first kappa shape index (κ1) is 17.2. The average Bonchev–Trinajstić information content (AvgIpc) is 2.46. The van der Waals surface area contributed by atoms with Crippen LogP contribution in [0.4, 0.5) is 0 Å². The lowest BCUT2D eigenvalue weighted by molar-refractivity contribution is 0.0206. The van der Waals surface area contributed by atoms with Crippen LogP contribution in [0.1, 0.15) is 58.6 Å². The molecule has 0 radical (unpaired) electrons. The SMILES string of the molecule is CCNC(c1ccccc1)C(CC)OCCCC(C)C. The molecule has 0 aliphatic heterocycles. The van der Waals surface area contributed by atoms with E-state index in [9.17, 15) is 0 Å². The second-order valence-electron chi connectivity index (χ2n) is 5.80. The first-order valence-corrected chi connectivity index (χ1v) is 8.08. The third kappa shape index (κ3) is 6.06. The van der Waals surface area contributed by atoms with Crippen molar-refractivity contribution in [2.75, 3.05) is 13.2 Å². The molecule has 0 amide bonds. The number of likely N-dealkylation sites (N-methyl/N-ethyl adjacent to an activating group) is 1. The lowest BCUT2D eigenvalue weighted by Gasteiger charge is -2.28. The topological polar surface area (TPSA) is 21.3 Å². The standard InChI is InChI=1S/C18H31NO/c1-5-17(20-14-10-11-15(3)4)18(19-6-2)16-12-8-7-9-13-16/h7-9,12-13,15,17-19H,5-6,10-11,14H2,1-4H3. The Labute approximate surface area is 124 Å². The van der Waals surface area contributed by atoms with Gasteiger partial charge in [-0.05, 0) is 37.3 Å². The van der Waals surface area contributed by atoms with Gasteiger partial charge in [-0.25, -0.2) is 0 Å². The maximum absolute atomic E-state index is 6.15. The molecule has 20 heavy (non-hydrogen) atoms. The van der Waals surface area contributed by atoms with Crippen molar-refractivity contribution in [1.29, 1.82) is 0 Å². The molecule has 2 nitrogen and oxygen atoms in total. The Morgan fingerprint density at radius 1 is 1.10 bits per heavy atom. The van der Waals surface area contributed by atoms with E-state index >= 15 is 0 Å². The zero-order valence-electron chi connectivity index (χ0n) is 13.6. The van der Waals surface area contributed by atoms with Crippen LogP contribution in [0.25, 0.3) is 0 Å². The van der Waals surface area contributed by atoms with Crippen molar-refractivity contribution < 1.29 is 4.74 Å². The summed E-state index contributed by atoms with van der Waals surface area (Å²) in [5.74, 6) is 0.761. The van der Waals surface area contributed by atoms with Crippen LogP contribution in [0.15, 0.2) is 30.3 Å². The fraction of sp³-hybridized carbons (Fsp3) is 0.667. The third-order valence-corrected chi connectivity index (χ3v) is 3.61. The van der Waals surface area contributed by atoms with Crippen LogP contribution < -0.4 is 5.32 Å². The smallest absolute Gasteiger partial charge is 0.0767 e.